The number of benzene rings is 1. The summed E-state index contributed by atoms with van der Waals surface area (Å²) in [5.41, 5.74) is 2.43. The van der Waals surface area contributed by atoms with Gasteiger partial charge in [0.2, 0.25) is 5.88 Å². The first-order valence-electron chi connectivity index (χ1n) is 8.65. The molecule has 0 fully saturated rings. The number of rotatable bonds is 6. The Morgan fingerprint density at radius 2 is 1.86 bits per heavy atom. The largest absolute Gasteiger partial charge is 0.480 e. The summed E-state index contributed by atoms with van der Waals surface area (Å²) < 4.78 is 35.3. The van der Waals surface area contributed by atoms with Crippen molar-refractivity contribution in [1.82, 2.24) is 14.8 Å². The molecular weight excluding hydrogens is 394 g/mol. The lowest BCUT2D eigenvalue weighted by molar-refractivity contribution is 0.102. The van der Waals surface area contributed by atoms with Crippen molar-refractivity contribution in [2.45, 2.75) is 18.7 Å². The molecule has 0 bridgehead atoms. The van der Waals surface area contributed by atoms with Crippen LogP contribution in [0, 0.1) is 13.8 Å². The van der Waals surface area contributed by atoms with Gasteiger partial charge in [0.15, 0.2) is 10.6 Å². The van der Waals surface area contributed by atoms with Crippen molar-refractivity contribution in [2.24, 2.45) is 7.05 Å². The number of hydrogen-bond donors (Lipinski definition) is 2. The van der Waals surface area contributed by atoms with Crippen LogP contribution in [0.2, 0.25) is 0 Å². The highest BCUT2D eigenvalue weighted by molar-refractivity contribution is 7.92. The Hall–Kier alpha value is -3.40. The van der Waals surface area contributed by atoms with Crippen molar-refractivity contribution in [3.05, 3.63) is 59.5 Å². The van der Waals surface area contributed by atoms with Crippen molar-refractivity contribution in [3.8, 4) is 5.88 Å². The second kappa shape index (κ2) is 7.92. The summed E-state index contributed by atoms with van der Waals surface area (Å²) >= 11 is 0. The smallest absolute Gasteiger partial charge is 0.276 e. The van der Waals surface area contributed by atoms with Gasteiger partial charge in [0.25, 0.3) is 15.9 Å². The average Bonchev–Trinajstić information content (AvgIpc) is 3.11. The molecule has 2 N–H and O–H groups in total. The van der Waals surface area contributed by atoms with Gasteiger partial charge in [-0.25, -0.2) is 13.4 Å². The van der Waals surface area contributed by atoms with Crippen LogP contribution in [-0.4, -0.2) is 36.2 Å². The maximum absolute atomic E-state index is 13.0. The summed E-state index contributed by atoms with van der Waals surface area (Å²) in [6.07, 6.45) is 2.95. The third-order valence-corrected chi connectivity index (χ3v) is 5.57. The maximum Gasteiger partial charge on any atom is 0.276 e. The topological polar surface area (TPSA) is 115 Å². The lowest BCUT2D eigenvalue weighted by atomic mass is 10.1. The zero-order valence-corrected chi connectivity index (χ0v) is 17.2. The van der Waals surface area contributed by atoms with Crippen LogP contribution in [0.4, 0.5) is 11.4 Å². The molecule has 152 valence electrons. The predicted octanol–water partition coefficient (Wildman–Crippen LogP) is 2.49. The zero-order chi connectivity index (χ0) is 21.2. The van der Waals surface area contributed by atoms with E-state index in [0.29, 0.717) is 5.69 Å². The van der Waals surface area contributed by atoms with Crippen LogP contribution in [-0.2, 0) is 17.1 Å². The summed E-state index contributed by atoms with van der Waals surface area (Å²) in [6.45, 7) is 3.62. The highest BCUT2D eigenvalue weighted by Gasteiger charge is 2.23. The summed E-state index contributed by atoms with van der Waals surface area (Å²) in [4.78, 5) is 16.1. The van der Waals surface area contributed by atoms with Crippen LogP contribution >= 0.6 is 0 Å². The van der Waals surface area contributed by atoms with E-state index in [1.54, 1.807) is 19.3 Å². The molecule has 0 aliphatic carbocycles. The Labute approximate surface area is 168 Å². The number of methoxy groups -OCH3 is 1. The third kappa shape index (κ3) is 4.37. The molecule has 0 saturated carbocycles. The molecular formula is C19H21N5O4S. The molecule has 29 heavy (non-hydrogen) atoms. The highest BCUT2D eigenvalue weighted by atomic mass is 32.2. The Kier molecular flexibility index (Phi) is 5.55. The molecule has 2 aromatic heterocycles. The molecule has 10 heteroatoms. The SMILES string of the molecule is COc1ncc(NC(=O)c2ccn(C)n2)cc1S(=O)(=O)Nc1c(C)cccc1C. The van der Waals surface area contributed by atoms with Crippen LogP contribution in [0.15, 0.2) is 47.6 Å². The monoisotopic (exact) mass is 415 g/mol. The van der Waals surface area contributed by atoms with Gasteiger partial charge in [-0.15, -0.1) is 0 Å². The van der Waals surface area contributed by atoms with E-state index >= 15 is 0 Å². The van der Waals surface area contributed by atoms with Crippen molar-refractivity contribution < 1.29 is 17.9 Å². The van der Waals surface area contributed by atoms with Gasteiger partial charge in [-0.2, -0.15) is 5.10 Å². The fraction of sp³-hybridized carbons (Fsp3) is 0.211. The van der Waals surface area contributed by atoms with E-state index in [0.717, 1.165) is 11.1 Å². The van der Waals surface area contributed by atoms with Gasteiger partial charge < -0.3 is 10.1 Å². The van der Waals surface area contributed by atoms with Gasteiger partial charge in [-0.3, -0.25) is 14.2 Å². The first-order valence-corrected chi connectivity index (χ1v) is 10.1. The quantitative estimate of drug-likeness (QED) is 0.639. The number of anilines is 2. The summed E-state index contributed by atoms with van der Waals surface area (Å²) in [5.74, 6) is -0.566. The fourth-order valence-electron chi connectivity index (χ4n) is 2.74. The number of nitrogens with one attached hydrogen (secondary N) is 2. The molecule has 3 rings (SSSR count). The number of sulfonamides is 1. The molecule has 1 amide bonds. The molecule has 0 atom stereocenters. The first kappa shape index (κ1) is 20.3. The molecule has 3 aromatic rings. The number of aryl methyl sites for hydroxylation is 3. The molecule has 1 aromatic carbocycles. The number of para-hydroxylation sites is 1. The minimum absolute atomic E-state index is 0.0837. The Balaban J connectivity index is 1.95. The van der Waals surface area contributed by atoms with Crippen molar-refractivity contribution in [3.63, 3.8) is 0 Å². The number of pyridine rings is 1. The molecule has 0 aliphatic rings. The third-order valence-electron chi connectivity index (χ3n) is 4.22. The van der Waals surface area contributed by atoms with Crippen LogP contribution in [0.3, 0.4) is 0 Å². The van der Waals surface area contributed by atoms with E-state index in [1.165, 1.54) is 24.1 Å². The average molecular weight is 415 g/mol. The minimum atomic E-state index is -4.03. The van der Waals surface area contributed by atoms with Crippen molar-refractivity contribution in [1.29, 1.82) is 0 Å². The number of aromatic nitrogens is 3. The van der Waals surface area contributed by atoms with Crippen LogP contribution in [0.5, 0.6) is 5.88 Å². The van der Waals surface area contributed by atoms with Gasteiger partial charge in [-0.05, 0) is 37.1 Å². The zero-order valence-electron chi connectivity index (χ0n) is 16.4. The lowest BCUT2D eigenvalue weighted by Gasteiger charge is -2.15. The van der Waals surface area contributed by atoms with Crippen LogP contribution in [0.25, 0.3) is 0 Å². The number of ether oxygens (including phenoxy) is 1. The summed E-state index contributed by atoms with van der Waals surface area (Å²) in [5, 5.41) is 6.61. The first-order chi connectivity index (χ1) is 13.7. The van der Waals surface area contributed by atoms with Gasteiger partial charge in [0, 0.05) is 13.2 Å². The van der Waals surface area contributed by atoms with Gasteiger partial charge in [0.05, 0.1) is 24.7 Å². The summed E-state index contributed by atoms with van der Waals surface area (Å²) in [7, 11) is -1.01. The summed E-state index contributed by atoms with van der Waals surface area (Å²) in [6, 6.07) is 8.31. The van der Waals surface area contributed by atoms with Gasteiger partial charge in [-0.1, -0.05) is 18.2 Å². The number of carbonyl (C=O) groups is 1. The standard InChI is InChI=1S/C19H21N5O4S/c1-12-6-5-7-13(2)17(12)23-29(26,27)16-10-14(11-20-19(16)28-4)21-18(25)15-8-9-24(3)22-15/h5-11,23H,1-4H3,(H,21,25). The number of hydrogen-bond acceptors (Lipinski definition) is 6. The van der Waals surface area contributed by atoms with Gasteiger partial charge in [0.1, 0.15) is 0 Å². The van der Waals surface area contributed by atoms with Crippen molar-refractivity contribution in [2.75, 3.05) is 17.1 Å². The lowest BCUT2D eigenvalue weighted by Crippen LogP contribution is -2.18. The second-order valence-electron chi connectivity index (χ2n) is 6.43. The molecule has 0 spiro atoms. The molecule has 2 heterocycles. The molecule has 9 nitrogen and oxygen atoms in total. The molecule has 0 saturated heterocycles. The Bertz CT molecular complexity index is 1150. The van der Waals surface area contributed by atoms with Crippen molar-refractivity contribution >= 4 is 27.3 Å². The molecule has 0 radical (unpaired) electrons. The number of carbonyl (C=O) groups excluding carboxylic acids is 1. The predicted molar refractivity (Wildman–Crippen MR) is 109 cm³/mol. The van der Waals surface area contributed by atoms with Gasteiger partial charge >= 0.3 is 0 Å². The second-order valence-corrected chi connectivity index (χ2v) is 8.08. The molecule has 0 aliphatic heterocycles. The van der Waals surface area contributed by atoms with E-state index < -0.39 is 15.9 Å². The number of amides is 1. The van der Waals surface area contributed by atoms with Crippen LogP contribution < -0.4 is 14.8 Å². The molecule has 0 unspecified atom stereocenters. The Morgan fingerprint density at radius 1 is 1.17 bits per heavy atom. The Morgan fingerprint density at radius 3 is 2.45 bits per heavy atom. The van der Waals surface area contributed by atoms with E-state index in [-0.39, 0.29) is 22.2 Å². The van der Waals surface area contributed by atoms with E-state index in [4.69, 9.17) is 4.74 Å². The normalized spacial score (nSPS) is 11.2. The van der Waals surface area contributed by atoms with E-state index in [1.807, 2.05) is 32.0 Å². The minimum Gasteiger partial charge on any atom is -0.480 e. The highest BCUT2D eigenvalue weighted by Crippen LogP contribution is 2.29. The fourth-order valence-corrected chi connectivity index (χ4v) is 4.09. The maximum atomic E-state index is 13.0. The van der Waals surface area contributed by atoms with E-state index in [9.17, 15) is 13.2 Å². The van der Waals surface area contributed by atoms with Crippen LogP contribution in [0.1, 0.15) is 21.6 Å². The number of nitrogens with zero attached hydrogens (tertiary/aromatic N) is 3. The van der Waals surface area contributed by atoms with E-state index in [2.05, 4.69) is 20.1 Å².